The van der Waals surface area contributed by atoms with Gasteiger partial charge < -0.3 is 4.74 Å². The SMILES string of the molecule is O=C(Oc1ccc(/C=N\NC(=O)c2ccccc2Cl)cc1)c1cccs1. The van der Waals surface area contributed by atoms with Gasteiger partial charge in [-0.05, 0) is 53.4 Å². The molecule has 1 amide bonds. The molecule has 7 heteroatoms. The summed E-state index contributed by atoms with van der Waals surface area (Å²) < 4.78 is 5.27. The number of ether oxygens (including phenoxy) is 1. The third-order valence-electron chi connectivity index (χ3n) is 3.31. The first-order chi connectivity index (χ1) is 12.6. The molecule has 0 bridgehead atoms. The molecule has 0 saturated carbocycles. The van der Waals surface area contributed by atoms with Crippen molar-refractivity contribution in [1.29, 1.82) is 0 Å². The number of benzene rings is 2. The van der Waals surface area contributed by atoms with Crippen LogP contribution in [0.15, 0.2) is 71.1 Å². The molecule has 0 unspecified atom stereocenters. The van der Waals surface area contributed by atoms with Gasteiger partial charge in [-0.1, -0.05) is 29.8 Å². The fourth-order valence-corrected chi connectivity index (χ4v) is 2.87. The molecular formula is C19H13ClN2O3S. The van der Waals surface area contributed by atoms with Gasteiger partial charge in [-0.15, -0.1) is 11.3 Å². The predicted octanol–water partition coefficient (Wildman–Crippen LogP) is 4.38. The van der Waals surface area contributed by atoms with Crippen LogP contribution < -0.4 is 10.2 Å². The molecule has 5 nitrogen and oxygen atoms in total. The summed E-state index contributed by atoms with van der Waals surface area (Å²) in [5.41, 5.74) is 3.50. The van der Waals surface area contributed by atoms with Crippen LogP contribution >= 0.6 is 22.9 Å². The second kappa shape index (κ2) is 8.42. The highest BCUT2D eigenvalue weighted by molar-refractivity contribution is 7.12. The highest BCUT2D eigenvalue weighted by atomic mass is 35.5. The fourth-order valence-electron chi connectivity index (χ4n) is 2.04. The molecule has 0 aliphatic heterocycles. The first-order valence-electron chi connectivity index (χ1n) is 7.57. The number of nitrogens with zero attached hydrogens (tertiary/aromatic N) is 1. The number of amides is 1. The van der Waals surface area contributed by atoms with Crippen LogP contribution in [0.5, 0.6) is 5.75 Å². The Hall–Kier alpha value is -2.96. The molecule has 1 N–H and O–H groups in total. The largest absolute Gasteiger partial charge is 0.422 e. The lowest BCUT2D eigenvalue weighted by Gasteiger charge is -2.03. The van der Waals surface area contributed by atoms with E-state index in [1.54, 1.807) is 60.7 Å². The molecule has 0 fully saturated rings. The molecule has 0 aliphatic carbocycles. The van der Waals surface area contributed by atoms with Gasteiger partial charge in [0.05, 0.1) is 16.8 Å². The Bertz CT molecular complexity index is 938. The lowest BCUT2D eigenvalue weighted by molar-refractivity contribution is 0.0739. The van der Waals surface area contributed by atoms with Gasteiger partial charge in [-0.2, -0.15) is 5.10 Å². The molecule has 2 aromatic carbocycles. The number of carbonyl (C=O) groups is 2. The van der Waals surface area contributed by atoms with Crippen LogP contribution in [0.3, 0.4) is 0 Å². The van der Waals surface area contributed by atoms with Crippen LogP contribution in [0.25, 0.3) is 0 Å². The second-order valence-electron chi connectivity index (χ2n) is 5.11. The number of halogens is 1. The molecule has 26 heavy (non-hydrogen) atoms. The van der Waals surface area contributed by atoms with E-state index in [-0.39, 0.29) is 0 Å². The molecule has 0 atom stereocenters. The van der Waals surface area contributed by atoms with Crippen LogP contribution in [-0.2, 0) is 0 Å². The Morgan fingerprint density at radius 3 is 2.50 bits per heavy atom. The van der Waals surface area contributed by atoms with Crippen molar-refractivity contribution in [2.45, 2.75) is 0 Å². The number of thiophene rings is 1. The summed E-state index contributed by atoms with van der Waals surface area (Å²) in [6.45, 7) is 0. The Morgan fingerprint density at radius 1 is 1.04 bits per heavy atom. The van der Waals surface area contributed by atoms with E-state index >= 15 is 0 Å². The number of carbonyl (C=O) groups excluding carboxylic acids is 2. The summed E-state index contributed by atoms with van der Waals surface area (Å²) in [4.78, 5) is 24.4. The molecule has 1 heterocycles. The Kier molecular flexibility index (Phi) is 5.78. The highest BCUT2D eigenvalue weighted by Crippen LogP contribution is 2.16. The van der Waals surface area contributed by atoms with Gasteiger partial charge in [0.2, 0.25) is 0 Å². The Morgan fingerprint density at radius 2 is 1.81 bits per heavy atom. The third-order valence-corrected chi connectivity index (χ3v) is 4.49. The highest BCUT2D eigenvalue weighted by Gasteiger charge is 2.09. The smallest absolute Gasteiger partial charge is 0.353 e. The van der Waals surface area contributed by atoms with Gasteiger partial charge in [0.15, 0.2) is 0 Å². The van der Waals surface area contributed by atoms with Crippen LogP contribution in [-0.4, -0.2) is 18.1 Å². The molecule has 1 aromatic heterocycles. The van der Waals surface area contributed by atoms with E-state index in [2.05, 4.69) is 10.5 Å². The van der Waals surface area contributed by atoms with Crippen molar-refractivity contribution < 1.29 is 14.3 Å². The number of hydrazone groups is 1. The normalized spacial score (nSPS) is 10.7. The van der Waals surface area contributed by atoms with Crippen molar-refractivity contribution >= 4 is 41.0 Å². The monoisotopic (exact) mass is 384 g/mol. The summed E-state index contributed by atoms with van der Waals surface area (Å²) in [7, 11) is 0. The average Bonchev–Trinajstić information content (AvgIpc) is 3.18. The first-order valence-corrected chi connectivity index (χ1v) is 8.83. The Labute approximate surface area is 158 Å². The van der Waals surface area contributed by atoms with Gasteiger partial charge in [-0.3, -0.25) is 4.79 Å². The van der Waals surface area contributed by atoms with Crippen molar-refractivity contribution in [2.75, 3.05) is 0 Å². The molecule has 0 aliphatic rings. The van der Waals surface area contributed by atoms with E-state index in [0.717, 1.165) is 5.56 Å². The molecule has 130 valence electrons. The maximum absolute atomic E-state index is 12.0. The zero-order chi connectivity index (χ0) is 18.4. The zero-order valence-electron chi connectivity index (χ0n) is 13.4. The van der Waals surface area contributed by atoms with Crippen molar-refractivity contribution in [3.8, 4) is 5.75 Å². The van der Waals surface area contributed by atoms with Crippen molar-refractivity contribution in [1.82, 2.24) is 5.43 Å². The van der Waals surface area contributed by atoms with E-state index in [0.29, 0.717) is 21.2 Å². The predicted molar refractivity (Wildman–Crippen MR) is 102 cm³/mol. The first kappa shape index (κ1) is 17.8. The second-order valence-corrected chi connectivity index (χ2v) is 6.47. The Balaban J connectivity index is 1.57. The van der Waals surface area contributed by atoms with Crippen LogP contribution in [0.1, 0.15) is 25.6 Å². The number of hydrogen-bond acceptors (Lipinski definition) is 5. The van der Waals surface area contributed by atoms with Gasteiger partial charge in [0, 0.05) is 0 Å². The van der Waals surface area contributed by atoms with Gasteiger partial charge >= 0.3 is 5.97 Å². The zero-order valence-corrected chi connectivity index (χ0v) is 15.0. The minimum absolute atomic E-state index is 0.349. The minimum Gasteiger partial charge on any atom is -0.422 e. The molecule has 0 saturated heterocycles. The summed E-state index contributed by atoms with van der Waals surface area (Å²) in [5.74, 6) is -0.359. The van der Waals surface area contributed by atoms with Crippen LogP contribution in [0.2, 0.25) is 5.02 Å². The number of esters is 1. The van der Waals surface area contributed by atoms with E-state index < -0.39 is 11.9 Å². The topological polar surface area (TPSA) is 67.8 Å². The summed E-state index contributed by atoms with van der Waals surface area (Å²) in [5, 5.41) is 6.07. The molecular weight excluding hydrogens is 372 g/mol. The van der Waals surface area contributed by atoms with E-state index in [9.17, 15) is 9.59 Å². The van der Waals surface area contributed by atoms with E-state index in [1.165, 1.54) is 17.6 Å². The molecule has 0 spiro atoms. The summed E-state index contributed by atoms with van der Waals surface area (Å²) >= 11 is 7.28. The van der Waals surface area contributed by atoms with E-state index in [1.807, 2.05) is 5.38 Å². The molecule has 0 radical (unpaired) electrons. The minimum atomic E-state index is -0.395. The van der Waals surface area contributed by atoms with Crippen LogP contribution in [0.4, 0.5) is 0 Å². The maximum atomic E-state index is 12.0. The number of nitrogens with one attached hydrogen (secondary N) is 1. The van der Waals surface area contributed by atoms with Crippen molar-refractivity contribution in [3.63, 3.8) is 0 Å². The fraction of sp³-hybridized carbons (Fsp3) is 0. The molecule has 3 rings (SSSR count). The van der Waals surface area contributed by atoms with Gasteiger partial charge in [0.25, 0.3) is 5.91 Å². The third kappa shape index (κ3) is 4.56. The maximum Gasteiger partial charge on any atom is 0.353 e. The lowest BCUT2D eigenvalue weighted by atomic mass is 10.2. The standard InChI is InChI=1S/C19H13ClN2O3S/c20-16-5-2-1-4-15(16)18(23)22-21-12-13-7-9-14(10-8-13)25-19(24)17-6-3-11-26-17/h1-12H,(H,22,23)/b21-12-. The van der Waals surface area contributed by atoms with E-state index in [4.69, 9.17) is 16.3 Å². The van der Waals surface area contributed by atoms with Crippen molar-refractivity contribution in [3.05, 3.63) is 87.1 Å². The van der Waals surface area contributed by atoms with Crippen molar-refractivity contribution in [2.24, 2.45) is 5.10 Å². The van der Waals surface area contributed by atoms with Gasteiger partial charge in [-0.25, -0.2) is 10.2 Å². The lowest BCUT2D eigenvalue weighted by Crippen LogP contribution is -2.17. The molecule has 3 aromatic rings. The number of hydrogen-bond donors (Lipinski definition) is 1. The summed E-state index contributed by atoms with van der Waals surface area (Å²) in [6.07, 6.45) is 1.49. The quantitative estimate of drug-likeness (QED) is 0.307. The summed E-state index contributed by atoms with van der Waals surface area (Å²) in [6, 6.07) is 17.0. The average molecular weight is 385 g/mol. The van der Waals surface area contributed by atoms with Crippen LogP contribution in [0, 0.1) is 0 Å². The van der Waals surface area contributed by atoms with Gasteiger partial charge in [0.1, 0.15) is 10.6 Å². The number of rotatable bonds is 5.